The molecule has 0 radical (unpaired) electrons. The van der Waals surface area contributed by atoms with Gasteiger partial charge in [-0.15, -0.1) is 0 Å². The fourth-order valence-corrected chi connectivity index (χ4v) is 1.34. The molecule has 0 aromatic heterocycles. The molecule has 1 N–H and O–H groups in total. The summed E-state index contributed by atoms with van der Waals surface area (Å²) in [7, 11) is -4.08. The Kier molecular flexibility index (Phi) is 5.17. The van der Waals surface area contributed by atoms with Crippen LogP contribution in [0.15, 0.2) is 35.7 Å². The van der Waals surface area contributed by atoms with E-state index < -0.39 is 10.1 Å². The van der Waals surface area contributed by atoms with Gasteiger partial charge in [0.05, 0.1) is 4.90 Å². The van der Waals surface area contributed by atoms with E-state index in [9.17, 15) is 8.42 Å². The van der Waals surface area contributed by atoms with Crippen LogP contribution in [0.1, 0.15) is 8.42 Å². The second-order valence-corrected chi connectivity index (χ2v) is 3.67. The molecule has 1 aromatic carbocycles. The van der Waals surface area contributed by atoms with Crippen LogP contribution < -0.4 is 0 Å². The zero-order valence-electron chi connectivity index (χ0n) is 8.97. The minimum atomic E-state index is -4.08. The van der Waals surface area contributed by atoms with Gasteiger partial charge in [0.2, 0.25) is 0 Å². The molecule has 0 heterocycles. The summed E-state index contributed by atoms with van der Waals surface area (Å²) in [6, 6.07) is 5.91. The van der Waals surface area contributed by atoms with Crippen molar-refractivity contribution in [2.75, 3.05) is 0 Å². The van der Waals surface area contributed by atoms with E-state index in [4.69, 9.17) is 4.55 Å². The minimum absolute atomic E-state index is 0. The molecule has 0 amide bonds. The average Bonchev–Trinajstić information content (AvgIpc) is 2.03. The summed E-state index contributed by atoms with van der Waals surface area (Å²) < 4.78 is 29.9. The Bertz CT molecular complexity index is 406. The minimum Gasteiger partial charge on any atom is -1.00 e. The van der Waals surface area contributed by atoms with Crippen LogP contribution in [0.5, 0.6) is 0 Å². The molecule has 0 saturated heterocycles. The SMILES string of the molecule is C=Cc1cccc(S(=O)(=O)O)c1.[Ca+2].[H-].[H-]. The van der Waals surface area contributed by atoms with Crippen molar-refractivity contribution in [2.24, 2.45) is 0 Å². The summed E-state index contributed by atoms with van der Waals surface area (Å²) in [5.41, 5.74) is 0.658. The Labute approximate surface area is 110 Å². The van der Waals surface area contributed by atoms with Crippen molar-refractivity contribution >= 4 is 53.9 Å². The van der Waals surface area contributed by atoms with Crippen LogP contribution in [-0.2, 0) is 10.1 Å². The van der Waals surface area contributed by atoms with E-state index in [1.54, 1.807) is 12.1 Å². The van der Waals surface area contributed by atoms with Crippen molar-refractivity contribution < 1.29 is 15.8 Å². The number of hydrogen-bond donors (Lipinski definition) is 1. The summed E-state index contributed by atoms with van der Waals surface area (Å²) in [4.78, 5) is -0.111. The van der Waals surface area contributed by atoms with Gasteiger partial charge in [-0.1, -0.05) is 24.8 Å². The van der Waals surface area contributed by atoms with Gasteiger partial charge in [-0.2, -0.15) is 8.42 Å². The first kappa shape index (κ1) is 13.1. The number of hydrogen-bond acceptors (Lipinski definition) is 2. The van der Waals surface area contributed by atoms with Crippen molar-refractivity contribution in [3.63, 3.8) is 0 Å². The molecule has 0 saturated carbocycles. The van der Waals surface area contributed by atoms with Gasteiger partial charge in [-0.3, -0.25) is 4.55 Å². The van der Waals surface area contributed by atoms with E-state index >= 15 is 0 Å². The van der Waals surface area contributed by atoms with E-state index in [-0.39, 0.29) is 45.5 Å². The molecule has 5 heteroatoms. The summed E-state index contributed by atoms with van der Waals surface area (Å²) in [5.74, 6) is 0. The quantitative estimate of drug-likeness (QED) is 0.613. The topological polar surface area (TPSA) is 54.4 Å². The largest absolute Gasteiger partial charge is 2.00 e. The van der Waals surface area contributed by atoms with E-state index in [2.05, 4.69) is 6.58 Å². The second-order valence-electron chi connectivity index (χ2n) is 2.25. The Morgan fingerprint density at radius 2 is 2.08 bits per heavy atom. The smallest absolute Gasteiger partial charge is 1.00 e. The molecule has 0 aliphatic rings. The molecule has 0 bridgehead atoms. The van der Waals surface area contributed by atoms with Crippen LogP contribution >= 0.6 is 0 Å². The fraction of sp³-hybridized carbons (Fsp3) is 0. The third-order valence-electron chi connectivity index (χ3n) is 1.39. The van der Waals surface area contributed by atoms with E-state index in [0.29, 0.717) is 5.56 Å². The van der Waals surface area contributed by atoms with Crippen LogP contribution in [0.2, 0.25) is 0 Å². The molecule has 3 nitrogen and oxygen atoms in total. The first-order chi connectivity index (χ1) is 5.54. The van der Waals surface area contributed by atoms with Crippen molar-refractivity contribution in [3.8, 4) is 0 Å². The second kappa shape index (κ2) is 5.12. The van der Waals surface area contributed by atoms with E-state index in [1.807, 2.05) is 0 Å². The van der Waals surface area contributed by atoms with Gasteiger partial charge in [-0.25, -0.2) is 0 Å². The summed E-state index contributed by atoms with van der Waals surface area (Å²) in [5, 5.41) is 0. The maximum Gasteiger partial charge on any atom is 2.00 e. The number of rotatable bonds is 2. The monoisotopic (exact) mass is 226 g/mol. The predicted octanol–water partition coefficient (Wildman–Crippen LogP) is 1.42. The van der Waals surface area contributed by atoms with E-state index in [0.717, 1.165) is 0 Å². The van der Waals surface area contributed by atoms with Gasteiger partial charge in [0.15, 0.2) is 0 Å². The molecule has 0 atom stereocenters. The van der Waals surface area contributed by atoms with Crippen molar-refractivity contribution in [1.29, 1.82) is 0 Å². The molecule has 0 aliphatic heterocycles. The summed E-state index contributed by atoms with van der Waals surface area (Å²) in [6.07, 6.45) is 1.51. The molecule has 13 heavy (non-hydrogen) atoms. The Balaban J connectivity index is -0.000000480. The molecular formula is C8H10CaO3S. The molecule has 1 rings (SSSR count). The van der Waals surface area contributed by atoms with Crippen LogP contribution in [0, 0.1) is 0 Å². The van der Waals surface area contributed by atoms with Gasteiger partial charge >= 0.3 is 37.7 Å². The Morgan fingerprint density at radius 1 is 1.46 bits per heavy atom. The number of benzene rings is 1. The van der Waals surface area contributed by atoms with Gasteiger partial charge in [0.1, 0.15) is 0 Å². The maximum absolute atomic E-state index is 10.6. The third kappa shape index (κ3) is 3.79. The first-order valence-corrected chi connectivity index (χ1v) is 4.68. The first-order valence-electron chi connectivity index (χ1n) is 3.24. The average molecular weight is 226 g/mol. The fourth-order valence-electron chi connectivity index (χ4n) is 0.802. The van der Waals surface area contributed by atoms with Gasteiger partial charge < -0.3 is 2.85 Å². The van der Waals surface area contributed by atoms with Crippen LogP contribution in [0.3, 0.4) is 0 Å². The zero-order chi connectivity index (χ0) is 9.19. The molecule has 0 spiro atoms. The Hall–Kier alpha value is 0.130. The molecule has 1 aromatic rings. The van der Waals surface area contributed by atoms with Crippen LogP contribution in [0.4, 0.5) is 0 Å². The maximum atomic E-state index is 10.6. The van der Waals surface area contributed by atoms with E-state index in [1.165, 1.54) is 18.2 Å². The van der Waals surface area contributed by atoms with Gasteiger partial charge in [0.25, 0.3) is 10.1 Å². The molecule has 68 valence electrons. The van der Waals surface area contributed by atoms with Crippen LogP contribution in [-0.4, -0.2) is 50.7 Å². The molecule has 0 fully saturated rings. The standard InChI is InChI=1S/C8H8O3S.Ca.2H/c1-2-7-4-3-5-8(6-7)12(9,10)11;;;/h2-6H,1H2,(H,9,10,11);;;/q;+2;2*-1. The summed E-state index contributed by atoms with van der Waals surface area (Å²) in [6.45, 7) is 3.48. The Morgan fingerprint density at radius 3 is 2.54 bits per heavy atom. The van der Waals surface area contributed by atoms with Crippen molar-refractivity contribution in [3.05, 3.63) is 36.4 Å². The van der Waals surface area contributed by atoms with Gasteiger partial charge in [-0.05, 0) is 17.7 Å². The summed E-state index contributed by atoms with van der Waals surface area (Å²) >= 11 is 0. The normalized spacial score (nSPS) is 10.2. The molecule has 0 unspecified atom stereocenters. The van der Waals surface area contributed by atoms with Crippen molar-refractivity contribution in [2.45, 2.75) is 4.90 Å². The van der Waals surface area contributed by atoms with Gasteiger partial charge in [0, 0.05) is 0 Å². The predicted molar refractivity (Wildman–Crippen MR) is 54.3 cm³/mol. The molecular weight excluding hydrogens is 216 g/mol. The van der Waals surface area contributed by atoms with Crippen LogP contribution in [0.25, 0.3) is 6.08 Å². The third-order valence-corrected chi connectivity index (χ3v) is 2.24. The van der Waals surface area contributed by atoms with Crippen molar-refractivity contribution in [1.82, 2.24) is 0 Å². The molecule has 0 aliphatic carbocycles. The zero-order valence-corrected chi connectivity index (χ0v) is 10.00.